The van der Waals surface area contributed by atoms with Crippen molar-refractivity contribution < 1.29 is 27.2 Å². The Labute approximate surface area is 150 Å². The van der Waals surface area contributed by atoms with Gasteiger partial charge >= 0.3 is 5.97 Å². The van der Waals surface area contributed by atoms with E-state index in [0.717, 1.165) is 24.8 Å². The second-order valence-electron chi connectivity index (χ2n) is 6.17. The Morgan fingerprint density at radius 2 is 1.84 bits per heavy atom. The van der Waals surface area contributed by atoms with Gasteiger partial charge in [0.2, 0.25) is 0 Å². The van der Waals surface area contributed by atoms with Crippen molar-refractivity contribution in [2.24, 2.45) is 0 Å². The van der Waals surface area contributed by atoms with E-state index in [4.69, 9.17) is 8.92 Å². The highest BCUT2D eigenvalue weighted by atomic mass is 32.2. The molecular formula is C18H28O6S. The van der Waals surface area contributed by atoms with E-state index in [1.165, 1.54) is 19.1 Å². The van der Waals surface area contributed by atoms with Crippen molar-refractivity contribution in [1.82, 2.24) is 0 Å². The fourth-order valence-corrected chi connectivity index (χ4v) is 3.34. The predicted octanol–water partition coefficient (Wildman–Crippen LogP) is 2.96. The van der Waals surface area contributed by atoms with Crippen molar-refractivity contribution in [3.63, 3.8) is 0 Å². The summed E-state index contributed by atoms with van der Waals surface area (Å²) in [6.07, 6.45) is 2.22. The molecule has 7 heteroatoms. The number of ether oxygens (including phenoxy) is 1. The summed E-state index contributed by atoms with van der Waals surface area (Å²) >= 11 is 0. The number of unbranched alkanes of at least 4 members (excludes halogenated alkanes) is 2. The second kappa shape index (κ2) is 10.5. The number of carbonyl (C=O) groups is 1. The third-order valence-corrected chi connectivity index (χ3v) is 5.02. The monoisotopic (exact) mass is 372 g/mol. The van der Waals surface area contributed by atoms with Crippen LogP contribution in [-0.4, -0.2) is 38.3 Å². The van der Waals surface area contributed by atoms with E-state index in [2.05, 4.69) is 6.92 Å². The zero-order valence-electron chi connectivity index (χ0n) is 15.1. The lowest BCUT2D eigenvalue weighted by Crippen LogP contribution is -2.27. The van der Waals surface area contributed by atoms with Crippen LogP contribution in [0.1, 0.15) is 51.5 Å². The second-order valence-corrected chi connectivity index (χ2v) is 7.78. The van der Waals surface area contributed by atoms with Gasteiger partial charge in [0.1, 0.15) is 6.10 Å². The van der Waals surface area contributed by atoms with Crippen LogP contribution in [0.5, 0.6) is 0 Å². The molecule has 0 aliphatic heterocycles. The molecule has 1 rings (SSSR count). The quantitative estimate of drug-likeness (QED) is 0.365. The highest BCUT2D eigenvalue weighted by Crippen LogP contribution is 2.16. The lowest BCUT2D eigenvalue weighted by atomic mass is 10.1. The number of esters is 1. The normalized spacial score (nSPS) is 14.1. The Hall–Kier alpha value is -1.44. The van der Waals surface area contributed by atoms with Crippen molar-refractivity contribution >= 4 is 16.1 Å². The van der Waals surface area contributed by atoms with Crippen LogP contribution in [0.3, 0.4) is 0 Å². The molecule has 1 aromatic rings. The topological polar surface area (TPSA) is 89.9 Å². The summed E-state index contributed by atoms with van der Waals surface area (Å²) in [5.74, 6) is -0.415. The van der Waals surface area contributed by atoms with E-state index in [1.54, 1.807) is 12.1 Å². The molecule has 6 nitrogen and oxygen atoms in total. The summed E-state index contributed by atoms with van der Waals surface area (Å²) in [5.41, 5.74) is 0.940. The van der Waals surface area contributed by atoms with E-state index in [-0.39, 0.29) is 17.9 Å². The number of aryl methyl sites for hydroxylation is 1. The molecule has 0 unspecified atom stereocenters. The predicted molar refractivity (Wildman–Crippen MR) is 94.6 cm³/mol. The van der Waals surface area contributed by atoms with Gasteiger partial charge in [-0.25, -0.2) is 0 Å². The third-order valence-electron chi connectivity index (χ3n) is 3.72. The fraction of sp³-hybridized carbons (Fsp3) is 0.611. The van der Waals surface area contributed by atoms with Gasteiger partial charge in [0.05, 0.1) is 17.6 Å². The summed E-state index contributed by atoms with van der Waals surface area (Å²) in [6, 6.07) is 6.28. The van der Waals surface area contributed by atoms with Crippen molar-refractivity contribution in [3.05, 3.63) is 29.8 Å². The van der Waals surface area contributed by atoms with Crippen LogP contribution in [0.25, 0.3) is 0 Å². The lowest BCUT2D eigenvalue weighted by molar-refractivity contribution is -0.148. The Morgan fingerprint density at radius 1 is 1.20 bits per heavy atom. The largest absolute Gasteiger partial charge is 0.462 e. The fourth-order valence-electron chi connectivity index (χ4n) is 2.39. The smallest absolute Gasteiger partial charge is 0.302 e. The minimum atomic E-state index is -3.92. The van der Waals surface area contributed by atoms with Gasteiger partial charge in [0.15, 0.2) is 0 Å². The Morgan fingerprint density at radius 3 is 2.40 bits per heavy atom. The molecule has 0 bridgehead atoms. The molecule has 0 fully saturated rings. The zero-order chi connectivity index (χ0) is 18.9. The number of aliphatic hydroxyl groups is 1. The van der Waals surface area contributed by atoms with Crippen LogP contribution in [0, 0.1) is 6.92 Å². The summed E-state index contributed by atoms with van der Waals surface area (Å²) in [6.45, 7) is 4.87. The van der Waals surface area contributed by atoms with Crippen LogP contribution in [0.2, 0.25) is 0 Å². The van der Waals surface area contributed by atoms with Crippen LogP contribution < -0.4 is 0 Å². The van der Waals surface area contributed by atoms with E-state index in [0.29, 0.717) is 6.42 Å². The summed E-state index contributed by atoms with van der Waals surface area (Å²) < 4.78 is 34.3. The van der Waals surface area contributed by atoms with Gasteiger partial charge in [-0.2, -0.15) is 8.42 Å². The molecule has 0 aliphatic carbocycles. The molecule has 1 N–H and O–H groups in total. The average molecular weight is 372 g/mol. The van der Waals surface area contributed by atoms with Crippen LogP contribution >= 0.6 is 0 Å². The molecule has 0 amide bonds. The van der Waals surface area contributed by atoms with E-state index < -0.39 is 28.3 Å². The highest BCUT2D eigenvalue weighted by Gasteiger charge is 2.21. The molecule has 25 heavy (non-hydrogen) atoms. The molecule has 0 aromatic heterocycles. The Kier molecular flexibility index (Phi) is 9.10. The summed E-state index contributed by atoms with van der Waals surface area (Å²) in [7, 11) is -3.92. The van der Waals surface area contributed by atoms with Gasteiger partial charge in [0.25, 0.3) is 10.1 Å². The number of aliphatic hydroxyl groups excluding tert-OH is 1. The van der Waals surface area contributed by atoms with Crippen LogP contribution in [-0.2, 0) is 23.8 Å². The SMILES string of the molecule is CCCCC[C@H](C[C@@H](O)COS(=O)(=O)c1ccc(C)cc1)OC(C)=O. The van der Waals surface area contributed by atoms with E-state index in [1.807, 2.05) is 6.92 Å². The van der Waals surface area contributed by atoms with E-state index >= 15 is 0 Å². The van der Waals surface area contributed by atoms with Gasteiger partial charge in [-0.3, -0.25) is 8.98 Å². The molecule has 1 aromatic carbocycles. The van der Waals surface area contributed by atoms with Gasteiger partial charge in [-0.15, -0.1) is 0 Å². The van der Waals surface area contributed by atoms with Gasteiger partial charge < -0.3 is 9.84 Å². The molecule has 0 aliphatic rings. The van der Waals surface area contributed by atoms with Crippen LogP contribution in [0.4, 0.5) is 0 Å². The number of hydrogen-bond donors (Lipinski definition) is 1. The van der Waals surface area contributed by atoms with Gasteiger partial charge in [0, 0.05) is 13.3 Å². The first kappa shape index (κ1) is 21.6. The van der Waals surface area contributed by atoms with Crippen LogP contribution in [0.15, 0.2) is 29.2 Å². The number of carbonyl (C=O) groups excluding carboxylic acids is 1. The molecule has 0 heterocycles. The van der Waals surface area contributed by atoms with Crippen molar-refractivity contribution in [2.45, 2.75) is 70.0 Å². The molecule has 2 atom stereocenters. The molecule has 0 spiro atoms. The Bertz CT molecular complexity index is 623. The summed E-state index contributed by atoms with van der Waals surface area (Å²) in [4.78, 5) is 11.2. The molecular weight excluding hydrogens is 344 g/mol. The van der Waals surface area contributed by atoms with Crippen molar-refractivity contribution in [2.75, 3.05) is 6.61 Å². The maximum atomic E-state index is 12.1. The number of rotatable bonds is 11. The van der Waals surface area contributed by atoms with Crippen molar-refractivity contribution in [1.29, 1.82) is 0 Å². The molecule has 142 valence electrons. The third kappa shape index (κ3) is 8.47. The lowest BCUT2D eigenvalue weighted by Gasteiger charge is -2.20. The first-order valence-electron chi connectivity index (χ1n) is 8.56. The average Bonchev–Trinajstić information content (AvgIpc) is 2.53. The first-order valence-corrected chi connectivity index (χ1v) is 9.96. The van der Waals surface area contributed by atoms with Crippen molar-refractivity contribution in [3.8, 4) is 0 Å². The minimum Gasteiger partial charge on any atom is -0.462 e. The number of hydrogen-bond acceptors (Lipinski definition) is 6. The zero-order valence-corrected chi connectivity index (χ0v) is 15.9. The molecule has 0 radical (unpaired) electrons. The summed E-state index contributed by atoms with van der Waals surface area (Å²) in [5, 5.41) is 10.1. The highest BCUT2D eigenvalue weighted by molar-refractivity contribution is 7.86. The molecule has 0 saturated heterocycles. The maximum absolute atomic E-state index is 12.1. The van der Waals surface area contributed by atoms with E-state index in [9.17, 15) is 18.3 Å². The maximum Gasteiger partial charge on any atom is 0.302 e. The Balaban J connectivity index is 2.56. The standard InChI is InChI=1S/C18H28O6S/c1-4-5-6-7-17(24-15(3)19)12-16(20)13-23-25(21,22)18-10-8-14(2)9-11-18/h8-11,16-17,20H,4-7,12-13H2,1-3H3/t16-,17-/m1/s1. The minimum absolute atomic E-state index is 0.0461. The van der Waals surface area contributed by atoms with Gasteiger partial charge in [-0.1, -0.05) is 37.5 Å². The first-order chi connectivity index (χ1) is 11.7. The molecule has 0 saturated carbocycles. The number of benzene rings is 1. The van der Waals surface area contributed by atoms with Gasteiger partial charge in [-0.05, 0) is 31.9 Å².